The Morgan fingerprint density at radius 1 is 0.900 bits per heavy atom. The fourth-order valence-corrected chi connectivity index (χ4v) is 4.42. The standard InChI is InChI=1S/C26H22N2O2/c1-30-16-17-12-13-21-24(14-17)28(23-11-5-10-22(25(21)23)26(27)29)15-19-8-4-7-18-6-2-3-9-20(18)19/h2-14H,15-16H2,1H3,(H2,27,29). The molecule has 2 N–H and O–H groups in total. The summed E-state index contributed by atoms with van der Waals surface area (Å²) in [5.74, 6) is -0.411. The first-order valence-corrected chi connectivity index (χ1v) is 9.96. The summed E-state index contributed by atoms with van der Waals surface area (Å²) in [7, 11) is 1.70. The van der Waals surface area contributed by atoms with Crippen LogP contribution in [0.1, 0.15) is 21.5 Å². The summed E-state index contributed by atoms with van der Waals surface area (Å²) in [5, 5.41) is 4.38. The van der Waals surface area contributed by atoms with Crippen molar-refractivity contribution in [2.45, 2.75) is 13.2 Å². The zero-order chi connectivity index (χ0) is 20.7. The van der Waals surface area contributed by atoms with E-state index in [4.69, 9.17) is 10.5 Å². The minimum atomic E-state index is -0.411. The quantitative estimate of drug-likeness (QED) is 0.443. The number of rotatable bonds is 5. The van der Waals surface area contributed by atoms with Gasteiger partial charge in [-0.05, 0) is 40.1 Å². The van der Waals surface area contributed by atoms with Crippen LogP contribution in [-0.4, -0.2) is 17.6 Å². The SMILES string of the molecule is COCc1ccc2c3c(C(N)=O)cccc3n(Cc3cccc4ccccc34)c2c1. The van der Waals surface area contributed by atoms with Crippen molar-refractivity contribution in [2.75, 3.05) is 7.11 Å². The molecule has 1 aromatic heterocycles. The summed E-state index contributed by atoms with van der Waals surface area (Å²) in [6.07, 6.45) is 0. The van der Waals surface area contributed by atoms with Crippen molar-refractivity contribution in [3.05, 3.63) is 95.6 Å². The molecule has 5 rings (SSSR count). The predicted molar refractivity (Wildman–Crippen MR) is 122 cm³/mol. The molecule has 0 saturated heterocycles. The van der Waals surface area contributed by atoms with Gasteiger partial charge >= 0.3 is 0 Å². The summed E-state index contributed by atoms with van der Waals surface area (Å²) in [5.41, 5.74) is 10.7. The molecular formula is C26H22N2O2. The Bertz CT molecular complexity index is 1410. The number of hydrogen-bond acceptors (Lipinski definition) is 2. The van der Waals surface area contributed by atoms with Gasteiger partial charge < -0.3 is 15.0 Å². The molecule has 0 radical (unpaired) electrons. The zero-order valence-electron chi connectivity index (χ0n) is 16.8. The number of carbonyl (C=O) groups excluding carboxylic acids is 1. The number of ether oxygens (including phenoxy) is 1. The van der Waals surface area contributed by atoms with E-state index in [1.807, 2.05) is 12.1 Å². The highest BCUT2D eigenvalue weighted by Gasteiger charge is 2.17. The molecule has 0 fully saturated rings. The normalized spacial score (nSPS) is 11.5. The van der Waals surface area contributed by atoms with Crippen LogP contribution in [0.25, 0.3) is 32.6 Å². The van der Waals surface area contributed by atoms with Gasteiger partial charge in [0.05, 0.1) is 12.1 Å². The second-order valence-electron chi connectivity index (χ2n) is 7.57. The first-order valence-electron chi connectivity index (χ1n) is 9.96. The highest BCUT2D eigenvalue weighted by molar-refractivity contribution is 6.18. The van der Waals surface area contributed by atoms with E-state index >= 15 is 0 Å². The lowest BCUT2D eigenvalue weighted by atomic mass is 10.0. The van der Waals surface area contributed by atoms with Crippen molar-refractivity contribution < 1.29 is 9.53 Å². The van der Waals surface area contributed by atoms with Gasteiger partial charge in [-0.2, -0.15) is 0 Å². The number of fused-ring (bicyclic) bond motifs is 4. The topological polar surface area (TPSA) is 57.2 Å². The predicted octanol–water partition coefficient (Wildman–Crippen LogP) is 5.24. The molecule has 0 saturated carbocycles. The zero-order valence-corrected chi connectivity index (χ0v) is 16.8. The minimum absolute atomic E-state index is 0.411. The summed E-state index contributed by atoms with van der Waals surface area (Å²) >= 11 is 0. The largest absolute Gasteiger partial charge is 0.380 e. The fraction of sp³-hybridized carbons (Fsp3) is 0.115. The van der Waals surface area contributed by atoms with E-state index in [9.17, 15) is 4.79 Å². The number of methoxy groups -OCH3 is 1. The van der Waals surface area contributed by atoms with Crippen molar-refractivity contribution in [1.82, 2.24) is 4.57 Å². The number of amides is 1. The van der Waals surface area contributed by atoms with Crippen LogP contribution in [0.3, 0.4) is 0 Å². The molecule has 148 valence electrons. The lowest BCUT2D eigenvalue weighted by Gasteiger charge is -2.11. The Hall–Kier alpha value is -3.63. The number of hydrogen-bond donors (Lipinski definition) is 1. The number of carbonyl (C=O) groups is 1. The molecule has 4 nitrogen and oxygen atoms in total. The van der Waals surface area contributed by atoms with Gasteiger partial charge in [0.1, 0.15) is 0 Å². The fourth-order valence-electron chi connectivity index (χ4n) is 4.42. The monoisotopic (exact) mass is 394 g/mol. The van der Waals surface area contributed by atoms with Crippen LogP contribution in [0.4, 0.5) is 0 Å². The van der Waals surface area contributed by atoms with Gasteiger partial charge in [-0.3, -0.25) is 4.79 Å². The third-order valence-electron chi connectivity index (χ3n) is 5.74. The highest BCUT2D eigenvalue weighted by Crippen LogP contribution is 2.34. The molecule has 0 aliphatic carbocycles. The molecule has 0 aliphatic rings. The second-order valence-corrected chi connectivity index (χ2v) is 7.57. The molecule has 0 aliphatic heterocycles. The molecule has 0 unspecified atom stereocenters. The van der Waals surface area contributed by atoms with Gasteiger partial charge in [-0.15, -0.1) is 0 Å². The summed E-state index contributed by atoms with van der Waals surface area (Å²) in [4.78, 5) is 12.2. The van der Waals surface area contributed by atoms with E-state index in [1.165, 1.54) is 16.3 Å². The van der Waals surface area contributed by atoms with Crippen LogP contribution in [0.15, 0.2) is 78.9 Å². The van der Waals surface area contributed by atoms with E-state index in [1.54, 1.807) is 13.2 Å². The van der Waals surface area contributed by atoms with Gasteiger partial charge in [0.2, 0.25) is 5.91 Å². The average Bonchev–Trinajstić information content (AvgIpc) is 3.07. The Morgan fingerprint density at radius 3 is 2.53 bits per heavy atom. The molecule has 1 amide bonds. The molecule has 4 heteroatoms. The number of benzene rings is 4. The third-order valence-corrected chi connectivity index (χ3v) is 5.74. The van der Waals surface area contributed by atoms with E-state index in [0.717, 1.165) is 27.4 Å². The lowest BCUT2D eigenvalue weighted by Crippen LogP contribution is -2.11. The van der Waals surface area contributed by atoms with E-state index in [0.29, 0.717) is 18.7 Å². The molecule has 0 bridgehead atoms. The van der Waals surface area contributed by atoms with Crippen LogP contribution >= 0.6 is 0 Å². The van der Waals surface area contributed by atoms with Crippen molar-refractivity contribution in [1.29, 1.82) is 0 Å². The lowest BCUT2D eigenvalue weighted by molar-refractivity contribution is 0.100. The molecule has 4 aromatic carbocycles. The Balaban J connectivity index is 1.81. The number of nitrogens with zero attached hydrogens (tertiary/aromatic N) is 1. The maximum absolute atomic E-state index is 12.2. The number of nitrogens with two attached hydrogens (primary N) is 1. The van der Waals surface area contributed by atoms with Gasteiger partial charge in [-0.25, -0.2) is 0 Å². The molecule has 30 heavy (non-hydrogen) atoms. The maximum atomic E-state index is 12.2. The number of primary amides is 1. The first-order chi connectivity index (χ1) is 14.7. The van der Waals surface area contributed by atoms with Crippen molar-refractivity contribution in [3.8, 4) is 0 Å². The Morgan fingerprint density at radius 2 is 1.70 bits per heavy atom. The number of aromatic nitrogens is 1. The molecule has 5 aromatic rings. The average molecular weight is 394 g/mol. The van der Waals surface area contributed by atoms with E-state index < -0.39 is 5.91 Å². The first kappa shape index (κ1) is 18.4. The van der Waals surface area contributed by atoms with Gasteiger partial charge in [0.25, 0.3) is 0 Å². The van der Waals surface area contributed by atoms with E-state index in [2.05, 4.69) is 65.2 Å². The minimum Gasteiger partial charge on any atom is -0.380 e. The molecule has 0 atom stereocenters. The second kappa shape index (κ2) is 7.32. The Kier molecular flexibility index (Phi) is 4.49. The van der Waals surface area contributed by atoms with E-state index in [-0.39, 0.29) is 0 Å². The summed E-state index contributed by atoms with van der Waals surface area (Å²) in [6.45, 7) is 1.23. The maximum Gasteiger partial charge on any atom is 0.249 e. The van der Waals surface area contributed by atoms with Crippen molar-refractivity contribution >= 4 is 38.5 Å². The molecule has 1 heterocycles. The van der Waals surface area contributed by atoms with Crippen LogP contribution in [0, 0.1) is 0 Å². The summed E-state index contributed by atoms with van der Waals surface area (Å²) < 4.78 is 7.62. The molecular weight excluding hydrogens is 372 g/mol. The molecule has 0 spiro atoms. The van der Waals surface area contributed by atoms with Crippen molar-refractivity contribution in [2.24, 2.45) is 5.73 Å². The van der Waals surface area contributed by atoms with Crippen LogP contribution in [0.2, 0.25) is 0 Å². The summed E-state index contributed by atoms with van der Waals surface area (Å²) in [6, 6.07) is 26.8. The third kappa shape index (κ3) is 2.93. The van der Waals surface area contributed by atoms with Gasteiger partial charge in [-0.1, -0.05) is 60.7 Å². The van der Waals surface area contributed by atoms with Gasteiger partial charge in [0, 0.05) is 35.5 Å². The Labute approximate surface area is 174 Å². The van der Waals surface area contributed by atoms with Crippen LogP contribution < -0.4 is 5.73 Å². The van der Waals surface area contributed by atoms with Crippen LogP contribution in [-0.2, 0) is 17.9 Å². The van der Waals surface area contributed by atoms with Gasteiger partial charge in [0.15, 0.2) is 0 Å². The van der Waals surface area contributed by atoms with Crippen molar-refractivity contribution in [3.63, 3.8) is 0 Å². The smallest absolute Gasteiger partial charge is 0.249 e. The van der Waals surface area contributed by atoms with Crippen LogP contribution in [0.5, 0.6) is 0 Å². The highest BCUT2D eigenvalue weighted by atomic mass is 16.5.